The maximum atomic E-state index is 10.4. The number of benzene rings is 1. The molecule has 0 amide bonds. The van der Waals surface area contributed by atoms with Crippen molar-refractivity contribution in [2.24, 2.45) is 0 Å². The van der Waals surface area contributed by atoms with Crippen LogP contribution in [-0.2, 0) is 0 Å². The van der Waals surface area contributed by atoms with Gasteiger partial charge in [0.2, 0.25) is 0 Å². The van der Waals surface area contributed by atoms with Gasteiger partial charge in [-0.05, 0) is 30.3 Å². The van der Waals surface area contributed by atoms with Gasteiger partial charge in [-0.2, -0.15) is 5.10 Å². The number of nitrogens with one attached hydrogen (secondary N) is 1. The van der Waals surface area contributed by atoms with E-state index in [0.717, 1.165) is 24.6 Å². The largest absolute Gasteiger partial charge is 0.507 e. The lowest BCUT2D eigenvalue weighted by atomic mass is 10.1. The summed E-state index contributed by atoms with van der Waals surface area (Å²) >= 11 is 0. The summed E-state index contributed by atoms with van der Waals surface area (Å²) in [5.41, 5.74) is 2.00. The average molecular weight is 352 g/mol. The Kier molecular flexibility index (Phi) is 4.51. The maximum Gasteiger partial charge on any atom is 0.151 e. The van der Waals surface area contributed by atoms with Crippen molar-refractivity contribution in [3.8, 4) is 22.7 Å². The van der Waals surface area contributed by atoms with E-state index in [2.05, 4.69) is 25.5 Å². The second-order valence-electron chi connectivity index (χ2n) is 6.21. The molecule has 0 saturated carbocycles. The standard InChI is InChI=1S/C18H20N6O2/c25-12-13-11-23(9-7-19-13)18-5-4-16(21-22-18)15-3-2-14(10-17(15)26)24-8-1-6-20-24/h1-6,8,10,13,19,25-26H,7,9,11-12H2. The molecule has 1 aliphatic rings. The first kappa shape index (κ1) is 16.5. The number of nitrogens with zero attached hydrogens (tertiary/aromatic N) is 5. The monoisotopic (exact) mass is 352 g/mol. The Morgan fingerprint density at radius 2 is 2.12 bits per heavy atom. The molecule has 0 bridgehead atoms. The van der Waals surface area contributed by atoms with Crippen LogP contribution in [0.1, 0.15) is 0 Å². The molecule has 8 nitrogen and oxygen atoms in total. The van der Waals surface area contributed by atoms with Crippen molar-refractivity contribution in [1.29, 1.82) is 0 Å². The Balaban J connectivity index is 1.55. The molecule has 1 aliphatic heterocycles. The van der Waals surface area contributed by atoms with Gasteiger partial charge in [0.25, 0.3) is 0 Å². The first-order chi connectivity index (χ1) is 12.7. The minimum atomic E-state index is 0.0455. The number of anilines is 1. The number of aliphatic hydroxyl groups excluding tert-OH is 1. The van der Waals surface area contributed by atoms with Crippen LogP contribution >= 0.6 is 0 Å². The van der Waals surface area contributed by atoms with Crippen molar-refractivity contribution in [3.63, 3.8) is 0 Å². The van der Waals surface area contributed by atoms with Gasteiger partial charge >= 0.3 is 0 Å². The van der Waals surface area contributed by atoms with E-state index in [4.69, 9.17) is 0 Å². The van der Waals surface area contributed by atoms with Crippen LogP contribution < -0.4 is 10.2 Å². The number of aromatic hydroxyl groups is 1. The van der Waals surface area contributed by atoms with E-state index in [1.807, 2.05) is 36.5 Å². The van der Waals surface area contributed by atoms with E-state index < -0.39 is 0 Å². The Bertz CT molecular complexity index is 866. The van der Waals surface area contributed by atoms with Crippen LogP contribution in [0.3, 0.4) is 0 Å². The molecule has 1 saturated heterocycles. The van der Waals surface area contributed by atoms with Crippen molar-refractivity contribution in [2.45, 2.75) is 6.04 Å². The lowest BCUT2D eigenvalue weighted by Gasteiger charge is -2.33. The van der Waals surface area contributed by atoms with Crippen molar-refractivity contribution in [2.75, 3.05) is 31.1 Å². The molecule has 8 heteroatoms. The van der Waals surface area contributed by atoms with Gasteiger partial charge < -0.3 is 20.4 Å². The fourth-order valence-electron chi connectivity index (χ4n) is 3.09. The van der Waals surface area contributed by atoms with Gasteiger partial charge in [-0.25, -0.2) is 4.68 Å². The number of piperazine rings is 1. The van der Waals surface area contributed by atoms with E-state index in [1.54, 1.807) is 16.9 Å². The van der Waals surface area contributed by atoms with Gasteiger partial charge in [-0.15, -0.1) is 10.2 Å². The zero-order valence-corrected chi connectivity index (χ0v) is 14.2. The molecule has 1 atom stereocenters. The fraction of sp³-hybridized carbons (Fsp3) is 0.278. The number of hydrogen-bond acceptors (Lipinski definition) is 7. The van der Waals surface area contributed by atoms with Gasteiger partial charge in [-0.1, -0.05) is 0 Å². The first-order valence-corrected chi connectivity index (χ1v) is 8.51. The number of phenolic OH excluding ortho intramolecular Hbond substituents is 1. The minimum Gasteiger partial charge on any atom is -0.507 e. The second-order valence-corrected chi connectivity index (χ2v) is 6.21. The summed E-state index contributed by atoms with van der Waals surface area (Å²) in [4.78, 5) is 2.09. The predicted octanol–water partition coefficient (Wildman–Crippen LogP) is 0.805. The first-order valence-electron chi connectivity index (χ1n) is 8.51. The summed E-state index contributed by atoms with van der Waals surface area (Å²) < 4.78 is 1.68. The molecular formula is C18H20N6O2. The van der Waals surface area contributed by atoms with Crippen molar-refractivity contribution in [1.82, 2.24) is 25.3 Å². The van der Waals surface area contributed by atoms with Gasteiger partial charge in [0.1, 0.15) is 5.75 Å². The maximum absolute atomic E-state index is 10.4. The Morgan fingerprint density at radius 1 is 1.19 bits per heavy atom. The second kappa shape index (κ2) is 7.11. The predicted molar refractivity (Wildman–Crippen MR) is 97.3 cm³/mol. The third-order valence-corrected chi connectivity index (χ3v) is 4.48. The molecule has 0 radical (unpaired) electrons. The summed E-state index contributed by atoms with van der Waals surface area (Å²) in [6.45, 7) is 2.39. The number of rotatable bonds is 4. The van der Waals surface area contributed by atoms with E-state index in [9.17, 15) is 10.2 Å². The normalized spacial score (nSPS) is 17.4. The van der Waals surface area contributed by atoms with E-state index >= 15 is 0 Å². The van der Waals surface area contributed by atoms with E-state index in [1.165, 1.54) is 0 Å². The van der Waals surface area contributed by atoms with Crippen LogP contribution in [-0.4, -0.2) is 62.5 Å². The molecule has 0 aliphatic carbocycles. The van der Waals surface area contributed by atoms with Crippen LogP contribution in [0, 0.1) is 0 Å². The van der Waals surface area contributed by atoms with Crippen LogP contribution in [0.25, 0.3) is 16.9 Å². The Morgan fingerprint density at radius 3 is 2.81 bits per heavy atom. The molecule has 3 heterocycles. The highest BCUT2D eigenvalue weighted by Gasteiger charge is 2.20. The number of aromatic nitrogens is 4. The quantitative estimate of drug-likeness (QED) is 0.639. The molecule has 26 heavy (non-hydrogen) atoms. The van der Waals surface area contributed by atoms with E-state index in [0.29, 0.717) is 17.8 Å². The van der Waals surface area contributed by atoms with Crippen LogP contribution in [0.15, 0.2) is 48.8 Å². The highest BCUT2D eigenvalue weighted by Crippen LogP contribution is 2.30. The molecule has 2 aromatic heterocycles. The SMILES string of the molecule is OCC1CN(c2ccc(-c3ccc(-n4cccn4)cc3O)nn2)CCN1. The number of hydrogen-bond donors (Lipinski definition) is 3. The van der Waals surface area contributed by atoms with Crippen LogP contribution in [0.5, 0.6) is 5.75 Å². The molecule has 3 aromatic rings. The van der Waals surface area contributed by atoms with Gasteiger partial charge in [-0.3, -0.25) is 0 Å². The molecule has 1 aromatic carbocycles. The minimum absolute atomic E-state index is 0.0455. The number of aliphatic hydroxyl groups is 1. The smallest absolute Gasteiger partial charge is 0.151 e. The van der Waals surface area contributed by atoms with Crippen LogP contribution in [0.2, 0.25) is 0 Å². The zero-order valence-electron chi connectivity index (χ0n) is 14.2. The summed E-state index contributed by atoms with van der Waals surface area (Å²) in [6, 6.07) is 10.9. The third kappa shape index (κ3) is 3.24. The molecular weight excluding hydrogens is 332 g/mol. The van der Waals surface area contributed by atoms with Crippen LogP contribution in [0.4, 0.5) is 5.82 Å². The van der Waals surface area contributed by atoms with Gasteiger partial charge in [0, 0.05) is 49.7 Å². The molecule has 3 N–H and O–H groups in total. The van der Waals surface area contributed by atoms with Crippen molar-refractivity contribution < 1.29 is 10.2 Å². The molecule has 1 fully saturated rings. The summed E-state index contributed by atoms with van der Waals surface area (Å²) in [5, 5.41) is 35.7. The van der Waals surface area contributed by atoms with Crippen molar-refractivity contribution >= 4 is 5.82 Å². The van der Waals surface area contributed by atoms with Gasteiger partial charge in [0.15, 0.2) is 5.82 Å². The Labute approximate surface area is 150 Å². The topological polar surface area (TPSA) is 99.3 Å². The molecule has 0 spiro atoms. The summed E-state index contributed by atoms with van der Waals surface area (Å²) in [7, 11) is 0. The number of phenols is 1. The van der Waals surface area contributed by atoms with E-state index in [-0.39, 0.29) is 18.4 Å². The highest BCUT2D eigenvalue weighted by atomic mass is 16.3. The lowest BCUT2D eigenvalue weighted by Crippen LogP contribution is -2.52. The molecule has 1 unspecified atom stereocenters. The summed E-state index contributed by atoms with van der Waals surface area (Å²) in [6.07, 6.45) is 3.50. The lowest BCUT2D eigenvalue weighted by molar-refractivity contribution is 0.235. The summed E-state index contributed by atoms with van der Waals surface area (Å²) in [5.74, 6) is 0.893. The zero-order chi connectivity index (χ0) is 17.9. The average Bonchev–Trinajstić information content (AvgIpc) is 3.23. The Hall–Kier alpha value is -2.97. The molecule has 4 rings (SSSR count). The van der Waals surface area contributed by atoms with Gasteiger partial charge in [0.05, 0.1) is 18.0 Å². The fourth-order valence-corrected chi connectivity index (χ4v) is 3.09. The third-order valence-electron chi connectivity index (χ3n) is 4.48. The highest BCUT2D eigenvalue weighted by molar-refractivity contribution is 5.69. The molecule has 134 valence electrons. The van der Waals surface area contributed by atoms with Crippen molar-refractivity contribution in [3.05, 3.63) is 48.8 Å².